The van der Waals surface area contributed by atoms with Crippen molar-refractivity contribution >= 4 is 35.0 Å². The lowest BCUT2D eigenvalue weighted by Gasteiger charge is -2.29. The third-order valence-corrected chi connectivity index (χ3v) is 6.36. The molecule has 0 radical (unpaired) electrons. The minimum Gasteiger partial charge on any atom is -0.494 e. The molecule has 0 bridgehead atoms. The van der Waals surface area contributed by atoms with Gasteiger partial charge in [0, 0.05) is 24.7 Å². The molecule has 1 saturated heterocycles. The highest BCUT2D eigenvalue weighted by Crippen LogP contribution is 2.29. The Kier molecular flexibility index (Phi) is 9.63. The molecular formula is C26H31Cl2NO4. The van der Waals surface area contributed by atoms with Gasteiger partial charge in [0.25, 0.3) is 0 Å². The van der Waals surface area contributed by atoms with Crippen LogP contribution in [-0.2, 0) is 0 Å². The van der Waals surface area contributed by atoms with Crippen LogP contribution in [0.1, 0.15) is 38.5 Å². The Labute approximate surface area is 205 Å². The van der Waals surface area contributed by atoms with Gasteiger partial charge in [-0.15, -0.1) is 12.4 Å². The van der Waals surface area contributed by atoms with Crippen LogP contribution in [0.5, 0.6) is 5.75 Å². The van der Waals surface area contributed by atoms with Crippen molar-refractivity contribution in [2.45, 2.75) is 44.6 Å². The Bertz CT molecular complexity index is 1090. The number of hydrogen-bond donors (Lipinski definition) is 1. The van der Waals surface area contributed by atoms with Crippen molar-refractivity contribution < 1.29 is 14.3 Å². The monoisotopic (exact) mass is 491 g/mol. The fraction of sp³-hybridized carbons (Fsp3) is 0.423. The summed E-state index contributed by atoms with van der Waals surface area (Å²) < 4.78 is 11.8. The number of hydrogen-bond acceptors (Lipinski definition) is 5. The molecule has 3 aromatic rings. The number of benzene rings is 2. The number of unbranched alkanes of at least 4 members (excludes halogenated alkanes) is 3. The zero-order chi connectivity index (χ0) is 22.3. The summed E-state index contributed by atoms with van der Waals surface area (Å²) in [6.45, 7) is 3.77. The molecular weight excluding hydrogens is 461 g/mol. The SMILES string of the molecule is Cl.O=c1cc(-c2ccccc2Cl)oc2ccc(OCCCCCCN3CCC(O)CC3)cc12. The molecule has 0 saturated carbocycles. The van der Waals surface area contributed by atoms with Gasteiger partial charge in [0.15, 0.2) is 5.43 Å². The van der Waals surface area contributed by atoms with Crippen LogP contribution in [0.2, 0.25) is 5.02 Å². The number of rotatable bonds is 9. The largest absolute Gasteiger partial charge is 0.494 e. The van der Waals surface area contributed by atoms with Gasteiger partial charge in [0.1, 0.15) is 17.1 Å². The maximum Gasteiger partial charge on any atom is 0.193 e. The number of aliphatic hydroxyl groups is 1. The molecule has 4 rings (SSSR count). The van der Waals surface area contributed by atoms with Crippen molar-refractivity contribution in [1.82, 2.24) is 4.90 Å². The van der Waals surface area contributed by atoms with Crippen LogP contribution < -0.4 is 10.2 Å². The van der Waals surface area contributed by atoms with Crippen molar-refractivity contribution in [3.63, 3.8) is 0 Å². The molecule has 33 heavy (non-hydrogen) atoms. The Morgan fingerprint density at radius 3 is 2.58 bits per heavy atom. The van der Waals surface area contributed by atoms with Crippen LogP contribution in [0, 0.1) is 0 Å². The molecule has 0 spiro atoms. The van der Waals surface area contributed by atoms with Crippen molar-refractivity contribution in [2.24, 2.45) is 0 Å². The molecule has 1 aliphatic heterocycles. The molecule has 0 aliphatic carbocycles. The molecule has 2 heterocycles. The van der Waals surface area contributed by atoms with Gasteiger partial charge >= 0.3 is 0 Å². The van der Waals surface area contributed by atoms with E-state index in [1.807, 2.05) is 24.3 Å². The lowest BCUT2D eigenvalue weighted by atomic mass is 10.1. The fourth-order valence-corrected chi connectivity index (χ4v) is 4.37. The summed E-state index contributed by atoms with van der Waals surface area (Å²) in [7, 11) is 0. The minimum absolute atomic E-state index is 0. The highest BCUT2D eigenvalue weighted by Gasteiger charge is 2.16. The van der Waals surface area contributed by atoms with E-state index in [2.05, 4.69) is 4.90 Å². The molecule has 7 heteroatoms. The van der Waals surface area contributed by atoms with E-state index in [0.717, 1.165) is 45.3 Å². The van der Waals surface area contributed by atoms with Gasteiger partial charge in [-0.25, -0.2) is 0 Å². The van der Waals surface area contributed by atoms with Crippen molar-refractivity contribution in [1.29, 1.82) is 0 Å². The molecule has 1 N–H and O–H groups in total. The highest BCUT2D eigenvalue weighted by molar-refractivity contribution is 6.33. The molecule has 1 fully saturated rings. The minimum atomic E-state index is -0.114. The van der Waals surface area contributed by atoms with Crippen LogP contribution in [-0.4, -0.2) is 42.4 Å². The van der Waals surface area contributed by atoms with Crippen molar-refractivity contribution in [3.8, 4) is 17.1 Å². The Balaban J connectivity index is 0.00000306. The molecule has 1 aromatic heterocycles. The Morgan fingerprint density at radius 2 is 1.79 bits per heavy atom. The van der Waals surface area contributed by atoms with E-state index in [1.165, 1.54) is 18.9 Å². The number of ether oxygens (including phenoxy) is 1. The first-order valence-electron chi connectivity index (χ1n) is 11.5. The molecule has 2 aromatic carbocycles. The number of piperidine rings is 1. The standard InChI is InChI=1S/C26H30ClNO4.ClH/c27-23-8-4-3-7-21(23)26-18-24(30)22-17-20(9-10-25(22)32-26)31-16-6-2-1-5-13-28-14-11-19(29)12-15-28;/h3-4,7-10,17-19,29H,1-2,5-6,11-16H2;1H. The smallest absolute Gasteiger partial charge is 0.193 e. The zero-order valence-electron chi connectivity index (χ0n) is 18.7. The number of fused-ring (bicyclic) bond motifs is 1. The van der Waals surface area contributed by atoms with Gasteiger partial charge in [0.2, 0.25) is 0 Å². The quantitative estimate of drug-likeness (QED) is 0.375. The Hall–Kier alpha value is -2.05. The number of aliphatic hydroxyl groups excluding tert-OH is 1. The molecule has 5 nitrogen and oxygen atoms in total. The van der Waals surface area contributed by atoms with E-state index in [-0.39, 0.29) is 23.9 Å². The summed E-state index contributed by atoms with van der Waals surface area (Å²) in [5, 5.41) is 10.6. The summed E-state index contributed by atoms with van der Waals surface area (Å²) in [6.07, 6.45) is 6.16. The second-order valence-corrected chi connectivity index (χ2v) is 8.86. The maximum absolute atomic E-state index is 12.7. The number of likely N-dealkylation sites (tertiary alicyclic amines) is 1. The molecule has 0 amide bonds. The fourth-order valence-electron chi connectivity index (χ4n) is 4.14. The summed E-state index contributed by atoms with van der Waals surface area (Å²) in [5.74, 6) is 1.14. The van der Waals surface area contributed by atoms with Crippen LogP contribution in [0.25, 0.3) is 22.3 Å². The third-order valence-electron chi connectivity index (χ3n) is 6.03. The van der Waals surface area contributed by atoms with E-state index in [4.69, 9.17) is 20.8 Å². The predicted octanol–water partition coefficient (Wildman–Crippen LogP) is 5.93. The first kappa shape index (κ1) is 25.6. The zero-order valence-corrected chi connectivity index (χ0v) is 20.2. The molecule has 0 unspecified atom stereocenters. The molecule has 178 valence electrons. The summed E-state index contributed by atoms with van der Waals surface area (Å²) >= 11 is 6.24. The van der Waals surface area contributed by atoms with Gasteiger partial charge in [-0.3, -0.25) is 4.79 Å². The average Bonchev–Trinajstić information content (AvgIpc) is 2.80. The van der Waals surface area contributed by atoms with Crippen LogP contribution in [0.15, 0.2) is 57.7 Å². The van der Waals surface area contributed by atoms with Crippen LogP contribution in [0.3, 0.4) is 0 Å². The Morgan fingerprint density at radius 1 is 1.03 bits per heavy atom. The summed E-state index contributed by atoms with van der Waals surface area (Å²) in [6, 6.07) is 14.2. The second-order valence-electron chi connectivity index (χ2n) is 8.45. The second kappa shape index (κ2) is 12.4. The first-order chi connectivity index (χ1) is 15.6. The van der Waals surface area contributed by atoms with Gasteiger partial charge in [-0.2, -0.15) is 0 Å². The highest BCUT2D eigenvalue weighted by atomic mass is 35.5. The van der Waals surface area contributed by atoms with Gasteiger partial charge in [0.05, 0.1) is 23.1 Å². The van der Waals surface area contributed by atoms with E-state index >= 15 is 0 Å². The summed E-state index contributed by atoms with van der Waals surface area (Å²) in [4.78, 5) is 15.1. The topological polar surface area (TPSA) is 62.9 Å². The van der Waals surface area contributed by atoms with E-state index < -0.39 is 0 Å². The van der Waals surface area contributed by atoms with E-state index in [0.29, 0.717) is 39.7 Å². The van der Waals surface area contributed by atoms with Gasteiger partial charge < -0.3 is 19.2 Å². The first-order valence-corrected chi connectivity index (χ1v) is 11.8. The van der Waals surface area contributed by atoms with E-state index in [1.54, 1.807) is 18.2 Å². The average molecular weight is 492 g/mol. The lowest BCUT2D eigenvalue weighted by molar-refractivity contribution is 0.0817. The van der Waals surface area contributed by atoms with Crippen molar-refractivity contribution in [2.75, 3.05) is 26.2 Å². The third kappa shape index (κ3) is 6.97. The lowest BCUT2D eigenvalue weighted by Crippen LogP contribution is -2.36. The van der Waals surface area contributed by atoms with Crippen LogP contribution in [0.4, 0.5) is 0 Å². The van der Waals surface area contributed by atoms with Crippen molar-refractivity contribution in [3.05, 3.63) is 63.8 Å². The number of halogens is 2. The van der Waals surface area contributed by atoms with Gasteiger partial charge in [-0.05, 0) is 62.6 Å². The normalized spacial score (nSPS) is 14.8. The van der Waals surface area contributed by atoms with Gasteiger partial charge in [-0.1, -0.05) is 36.6 Å². The maximum atomic E-state index is 12.7. The number of nitrogens with zero attached hydrogens (tertiary/aromatic N) is 1. The summed E-state index contributed by atoms with van der Waals surface area (Å²) in [5.41, 5.74) is 1.10. The molecule has 0 atom stereocenters. The van der Waals surface area contributed by atoms with Crippen LogP contribution >= 0.6 is 24.0 Å². The predicted molar refractivity (Wildman–Crippen MR) is 136 cm³/mol. The van der Waals surface area contributed by atoms with E-state index in [9.17, 15) is 9.90 Å². The molecule has 1 aliphatic rings.